The van der Waals surface area contributed by atoms with E-state index in [1.165, 1.54) is 28.7 Å². The third kappa shape index (κ3) is 4.86. The molecule has 5 rings (SSSR count). The lowest BCUT2D eigenvalue weighted by Gasteiger charge is -2.13. The van der Waals surface area contributed by atoms with E-state index in [1.807, 2.05) is 48.5 Å². The summed E-state index contributed by atoms with van der Waals surface area (Å²) in [6.45, 7) is 0.948. The van der Waals surface area contributed by atoms with Crippen molar-refractivity contribution >= 4 is 28.8 Å². The first-order valence-corrected chi connectivity index (χ1v) is 11.7. The number of hydrogen-bond acceptors (Lipinski definition) is 8. The lowest BCUT2D eigenvalue weighted by Crippen LogP contribution is -2.29. The summed E-state index contributed by atoms with van der Waals surface area (Å²) in [6.07, 6.45) is 3.70. The lowest BCUT2D eigenvalue weighted by molar-refractivity contribution is -0.118. The third-order valence-corrected chi connectivity index (χ3v) is 6.22. The van der Waals surface area contributed by atoms with Gasteiger partial charge in [0.1, 0.15) is 0 Å². The number of rotatable bonds is 8. The zero-order valence-corrected chi connectivity index (χ0v) is 19.0. The van der Waals surface area contributed by atoms with E-state index in [4.69, 9.17) is 9.47 Å². The summed E-state index contributed by atoms with van der Waals surface area (Å²) < 4.78 is 12.3. The zero-order valence-electron chi connectivity index (χ0n) is 18.1. The Morgan fingerprint density at radius 1 is 1.03 bits per heavy atom. The van der Waals surface area contributed by atoms with Crippen LogP contribution in [0.2, 0.25) is 0 Å². The van der Waals surface area contributed by atoms with Crippen LogP contribution in [0, 0.1) is 0 Å². The first-order valence-electron chi connectivity index (χ1n) is 10.7. The van der Waals surface area contributed by atoms with E-state index in [-0.39, 0.29) is 41.7 Å². The summed E-state index contributed by atoms with van der Waals surface area (Å²) in [7, 11) is 0. The molecule has 172 valence electrons. The predicted octanol–water partition coefficient (Wildman–Crippen LogP) is 2.41. The van der Waals surface area contributed by atoms with Crippen LogP contribution in [0.1, 0.15) is 11.1 Å². The van der Waals surface area contributed by atoms with E-state index in [2.05, 4.69) is 20.3 Å². The second kappa shape index (κ2) is 9.92. The Morgan fingerprint density at radius 3 is 2.74 bits per heavy atom. The summed E-state index contributed by atoms with van der Waals surface area (Å²) in [5.41, 5.74) is 2.11. The van der Waals surface area contributed by atoms with Crippen molar-refractivity contribution in [2.24, 2.45) is 0 Å². The van der Waals surface area contributed by atoms with Crippen LogP contribution in [-0.2, 0) is 17.8 Å². The highest BCUT2D eigenvalue weighted by atomic mass is 32.2. The predicted molar refractivity (Wildman–Crippen MR) is 127 cm³/mol. The molecule has 0 unspecified atom stereocenters. The summed E-state index contributed by atoms with van der Waals surface area (Å²) in [5.74, 6) is 1.28. The number of ether oxygens (including phenoxy) is 2. The number of fused-ring (bicyclic) bond motifs is 2. The number of nitrogens with zero attached hydrogens (tertiary/aromatic N) is 4. The highest BCUT2D eigenvalue weighted by molar-refractivity contribution is 7.99. The summed E-state index contributed by atoms with van der Waals surface area (Å²) in [6, 6.07) is 15.5. The average Bonchev–Trinajstić information content (AvgIpc) is 3.33. The second-order valence-electron chi connectivity index (χ2n) is 7.58. The Balaban J connectivity index is 1.33. The molecule has 0 atom stereocenters. The van der Waals surface area contributed by atoms with Crippen molar-refractivity contribution in [3.05, 3.63) is 82.4 Å². The van der Waals surface area contributed by atoms with Crippen LogP contribution in [0.5, 0.6) is 11.5 Å². The minimum Gasteiger partial charge on any atom is -0.454 e. The van der Waals surface area contributed by atoms with Crippen molar-refractivity contribution in [3.63, 3.8) is 0 Å². The lowest BCUT2D eigenvalue weighted by atomic mass is 10.1. The van der Waals surface area contributed by atoms with Crippen LogP contribution in [0.3, 0.4) is 0 Å². The monoisotopic (exact) mass is 475 g/mol. The van der Waals surface area contributed by atoms with Crippen LogP contribution in [-0.4, -0.2) is 44.5 Å². The first-order chi connectivity index (χ1) is 16.7. The summed E-state index contributed by atoms with van der Waals surface area (Å²) in [5, 5.41) is 3.31. The molecule has 10 heteroatoms. The number of thioether (sulfide) groups is 1. The number of carbonyl (C=O) groups excluding carboxylic acids is 1. The fraction of sp³-hybridized carbons (Fsp3) is 0.208. The van der Waals surface area contributed by atoms with Gasteiger partial charge in [-0.05, 0) is 29.7 Å². The van der Waals surface area contributed by atoms with Gasteiger partial charge in [-0.1, -0.05) is 48.2 Å². The maximum Gasteiger partial charge on any atom is 0.282 e. The molecule has 4 aromatic rings. The Hall–Kier alpha value is -3.92. The molecule has 0 fully saturated rings. The highest BCUT2D eigenvalue weighted by Crippen LogP contribution is 2.32. The van der Waals surface area contributed by atoms with Gasteiger partial charge in [0.25, 0.3) is 5.56 Å². The summed E-state index contributed by atoms with van der Waals surface area (Å²) >= 11 is 1.19. The van der Waals surface area contributed by atoms with Crippen molar-refractivity contribution in [1.29, 1.82) is 0 Å². The van der Waals surface area contributed by atoms with Gasteiger partial charge >= 0.3 is 0 Å². The van der Waals surface area contributed by atoms with Crippen molar-refractivity contribution in [1.82, 2.24) is 24.8 Å². The van der Waals surface area contributed by atoms with Crippen LogP contribution >= 0.6 is 11.8 Å². The smallest absolute Gasteiger partial charge is 0.282 e. The maximum atomic E-state index is 13.2. The van der Waals surface area contributed by atoms with Gasteiger partial charge in [0, 0.05) is 18.9 Å². The topological polar surface area (TPSA) is 108 Å². The van der Waals surface area contributed by atoms with E-state index < -0.39 is 0 Å². The van der Waals surface area contributed by atoms with E-state index in [1.54, 1.807) is 0 Å². The molecule has 1 aliphatic rings. The average molecular weight is 476 g/mol. The van der Waals surface area contributed by atoms with Gasteiger partial charge in [-0.2, -0.15) is 0 Å². The quantitative estimate of drug-likeness (QED) is 0.306. The van der Waals surface area contributed by atoms with E-state index >= 15 is 0 Å². The molecule has 0 spiro atoms. The maximum absolute atomic E-state index is 13.2. The van der Waals surface area contributed by atoms with Gasteiger partial charge in [-0.3, -0.25) is 14.2 Å². The van der Waals surface area contributed by atoms with Gasteiger partial charge in [-0.25, -0.2) is 15.0 Å². The fourth-order valence-electron chi connectivity index (χ4n) is 3.57. The molecular weight excluding hydrogens is 454 g/mol. The molecule has 2 aromatic carbocycles. The number of benzene rings is 2. The van der Waals surface area contributed by atoms with Crippen molar-refractivity contribution in [3.8, 4) is 11.5 Å². The van der Waals surface area contributed by atoms with Gasteiger partial charge in [-0.15, -0.1) is 0 Å². The molecule has 3 heterocycles. The largest absolute Gasteiger partial charge is 0.454 e. The van der Waals surface area contributed by atoms with Gasteiger partial charge in [0.15, 0.2) is 27.8 Å². The molecule has 1 N–H and O–H groups in total. The number of nitrogens with one attached hydrogen (secondary N) is 1. The molecule has 2 aromatic heterocycles. The Kier molecular flexibility index (Phi) is 6.39. The number of carbonyl (C=O) groups is 1. The molecule has 9 nitrogen and oxygen atoms in total. The molecule has 0 saturated heterocycles. The standard InChI is InChI=1S/C24H21N5O4S/c30-20(25-9-8-16-4-2-1-3-5-16)14-34-24-28-22-21(26-10-11-27-22)23(31)29(24)13-17-6-7-18-19(12-17)33-15-32-18/h1-7,10-12H,8-9,13-15H2,(H,25,30). The van der Waals surface area contributed by atoms with Crippen molar-refractivity contribution in [2.45, 2.75) is 18.1 Å². The molecule has 0 saturated carbocycles. The molecule has 0 aliphatic carbocycles. The normalized spacial score (nSPS) is 12.1. The number of aromatic nitrogens is 4. The summed E-state index contributed by atoms with van der Waals surface area (Å²) in [4.78, 5) is 38.5. The van der Waals surface area contributed by atoms with E-state index in [0.717, 1.165) is 17.5 Å². The van der Waals surface area contributed by atoms with Crippen molar-refractivity contribution < 1.29 is 14.3 Å². The molecule has 1 aliphatic heterocycles. The molecule has 0 radical (unpaired) electrons. The minimum atomic E-state index is -0.317. The fourth-order valence-corrected chi connectivity index (χ4v) is 4.39. The van der Waals surface area contributed by atoms with Crippen LogP contribution in [0.15, 0.2) is 70.9 Å². The van der Waals surface area contributed by atoms with Crippen LogP contribution < -0.4 is 20.3 Å². The number of amides is 1. The number of hydrogen-bond donors (Lipinski definition) is 1. The zero-order chi connectivity index (χ0) is 23.3. The minimum absolute atomic E-state index is 0.119. The van der Waals surface area contributed by atoms with Crippen LogP contribution in [0.25, 0.3) is 11.2 Å². The Morgan fingerprint density at radius 2 is 1.85 bits per heavy atom. The van der Waals surface area contributed by atoms with E-state index in [0.29, 0.717) is 23.2 Å². The molecule has 34 heavy (non-hydrogen) atoms. The highest BCUT2D eigenvalue weighted by Gasteiger charge is 2.18. The first kappa shape index (κ1) is 21.9. The second-order valence-corrected chi connectivity index (χ2v) is 8.52. The molecular formula is C24H21N5O4S. The van der Waals surface area contributed by atoms with Gasteiger partial charge in [0.05, 0.1) is 12.3 Å². The third-order valence-electron chi connectivity index (χ3n) is 5.25. The molecule has 1 amide bonds. The van der Waals surface area contributed by atoms with Crippen LogP contribution in [0.4, 0.5) is 0 Å². The van der Waals surface area contributed by atoms with Crippen molar-refractivity contribution in [2.75, 3.05) is 19.1 Å². The molecule has 0 bridgehead atoms. The Labute approximate surface area is 199 Å². The van der Waals surface area contributed by atoms with Gasteiger partial charge in [0.2, 0.25) is 12.7 Å². The van der Waals surface area contributed by atoms with Gasteiger partial charge < -0.3 is 14.8 Å². The SMILES string of the molecule is O=C(CSc1nc2nccnc2c(=O)n1Cc1ccc2c(c1)OCO2)NCCc1ccccc1. The Bertz CT molecular complexity index is 1390. The van der Waals surface area contributed by atoms with E-state index in [9.17, 15) is 9.59 Å².